The van der Waals surface area contributed by atoms with Crippen molar-refractivity contribution in [3.05, 3.63) is 30.1 Å². The van der Waals surface area contributed by atoms with Crippen molar-refractivity contribution in [2.45, 2.75) is 25.4 Å². The molecule has 4 nitrogen and oxygen atoms in total. The zero-order valence-electron chi connectivity index (χ0n) is 11.2. The van der Waals surface area contributed by atoms with Crippen LogP contribution in [0.5, 0.6) is 0 Å². The Kier molecular flexibility index (Phi) is 4.04. The highest BCUT2D eigenvalue weighted by atomic mass is 19.1. The number of hydrogen-bond acceptors (Lipinski definition) is 3. The van der Waals surface area contributed by atoms with E-state index in [9.17, 15) is 9.18 Å². The van der Waals surface area contributed by atoms with Gasteiger partial charge in [-0.25, -0.2) is 4.39 Å². The van der Waals surface area contributed by atoms with Crippen LogP contribution in [0.3, 0.4) is 0 Å². The van der Waals surface area contributed by atoms with Crippen LogP contribution >= 0.6 is 0 Å². The van der Waals surface area contributed by atoms with E-state index in [-0.39, 0.29) is 18.3 Å². The van der Waals surface area contributed by atoms with E-state index >= 15 is 0 Å². The summed E-state index contributed by atoms with van der Waals surface area (Å²) in [6.07, 6.45) is 0.0631. The fourth-order valence-corrected chi connectivity index (χ4v) is 2.53. The molecule has 0 aliphatic carbocycles. The molecule has 1 aliphatic heterocycles. The number of carboxylic acid groups (broad SMARTS) is 1. The first-order chi connectivity index (χ1) is 8.97. The Morgan fingerprint density at radius 1 is 1.47 bits per heavy atom. The van der Waals surface area contributed by atoms with Gasteiger partial charge in [0.15, 0.2) is 0 Å². The summed E-state index contributed by atoms with van der Waals surface area (Å²) in [5, 5.41) is 9.02. The summed E-state index contributed by atoms with van der Waals surface area (Å²) in [5.41, 5.74) is 0.756. The molecule has 0 bridgehead atoms. The Balaban J connectivity index is 2.25. The van der Waals surface area contributed by atoms with E-state index in [1.807, 2.05) is 18.0 Å². The van der Waals surface area contributed by atoms with Crippen molar-refractivity contribution in [2.75, 3.05) is 25.0 Å². The third kappa shape index (κ3) is 3.23. The maximum absolute atomic E-state index is 13.3. The van der Waals surface area contributed by atoms with Gasteiger partial charge in [0.25, 0.3) is 0 Å². The summed E-state index contributed by atoms with van der Waals surface area (Å²) in [6.45, 7) is 3.46. The van der Waals surface area contributed by atoms with E-state index in [2.05, 4.69) is 11.8 Å². The quantitative estimate of drug-likeness (QED) is 0.906. The van der Waals surface area contributed by atoms with Crippen molar-refractivity contribution < 1.29 is 14.3 Å². The molecule has 1 aromatic rings. The number of carboxylic acids is 1. The lowest BCUT2D eigenvalue weighted by Gasteiger charge is -2.44. The number of anilines is 1. The minimum atomic E-state index is -0.825. The molecule has 2 rings (SSSR count). The zero-order chi connectivity index (χ0) is 14.0. The van der Waals surface area contributed by atoms with Crippen LogP contribution in [-0.2, 0) is 4.79 Å². The normalized spacial score (nSPS) is 24.5. The van der Waals surface area contributed by atoms with Gasteiger partial charge in [0, 0.05) is 24.8 Å². The lowest BCUT2D eigenvalue weighted by molar-refractivity contribution is -0.137. The maximum atomic E-state index is 13.3. The van der Waals surface area contributed by atoms with Crippen LogP contribution in [0.4, 0.5) is 10.1 Å². The molecule has 0 spiro atoms. The average molecular weight is 266 g/mol. The number of likely N-dealkylation sites (N-methyl/N-ethyl adjacent to an activating group) is 1. The SMILES string of the molecule is CC1CN(c2cccc(F)c2)C(CC(=O)O)CN1C. The Morgan fingerprint density at radius 3 is 2.84 bits per heavy atom. The first-order valence-electron chi connectivity index (χ1n) is 6.41. The Hall–Kier alpha value is -1.62. The minimum Gasteiger partial charge on any atom is -0.481 e. The van der Waals surface area contributed by atoms with Crippen molar-refractivity contribution in [2.24, 2.45) is 0 Å². The predicted molar refractivity (Wildman–Crippen MR) is 71.9 cm³/mol. The molecule has 19 heavy (non-hydrogen) atoms. The highest BCUT2D eigenvalue weighted by Crippen LogP contribution is 2.24. The predicted octanol–water partition coefficient (Wildman–Crippen LogP) is 1.81. The monoisotopic (exact) mass is 266 g/mol. The second kappa shape index (κ2) is 5.57. The summed E-state index contributed by atoms with van der Waals surface area (Å²) in [5.74, 6) is -1.12. The van der Waals surface area contributed by atoms with Gasteiger partial charge >= 0.3 is 5.97 Å². The highest BCUT2D eigenvalue weighted by molar-refractivity contribution is 5.68. The summed E-state index contributed by atoms with van der Waals surface area (Å²) in [4.78, 5) is 15.1. The molecule has 1 saturated heterocycles. The van der Waals surface area contributed by atoms with Crippen LogP contribution in [0.2, 0.25) is 0 Å². The summed E-state index contributed by atoms with van der Waals surface area (Å²) < 4.78 is 13.3. The van der Waals surface area contributed by atoms with Crippen LogP contribution in [0.25, 0.3) is 0 Å². The van der Waals surface area contributed by atoms with Crippen molar-refractivity contribution >= 4 is 11.7 Å². The molecule has 1 heterocycles. The Labute approximate surface area is 112 Å². The van der Waals surface area contributed by atoms with Crippen molar-refractivity contribution in [1.29, 1.82) is 0 Å². The molecule has 2 atom stereocenters. The fraction of sp³-hybridized carbons (Fsp3) is 0.500. The molecule has 1 aliphatic rings. The number of halogens is 1. The molecule has 1 N–H and O–H groups in total. The maximum Gasteiger partial charge on any atom is 0.305 e. The van der Waals surface area contributed by atoms with Crippen molar-refractivity contribution in [3.8, 4) is 0 Å². The van der Waals surface area contributed by atoms with Crippen molar-refractivity contribution in [3.63, 3.8) is 0 Å². The van der Waals surface area contributed by atoms with Crippen LogP contribution in [0, 0.1) is 5.82 Å². The van der Waals surface area contributed by atoms with Crippen molar-refractivity contribution in [1.82, 2.24) is 4.90 Å². The van der Waals surface area contributed by atoms with E-state index in [4.69, 9.17) is 5.11 Å². The van der Waals surface area contributed by atoms with Gasteiger partial charge in [0.05, 0.1) is 12.5 Å². The van der Waals surface area contributed by atoms with Crippen LogP contribution < -0.4 is 4.90 Å². The largest absolute Gasteiger partial charge is 0.481 e. The molecular formula is C14H19FN2O2. The second-order valence-corrected chi connectivity index (χ2v) is 5.17. The molecule has 0 saturated carbocycles. The minimum absolute atomic E-state index is 0.0631. The van der Waals surface area contributed by atoms with Gasteiger partial charge in [0.2, 0.25) is 0 Å². The average Bonchev–Trinajstić information content (AvgIpc) is 2.33. The number of hydrogen-bond donors (Lipinski definition) is 1. The number of rotatable bonds is 3. The molecule has 2 unspecified atom stereocenters. The standard InChI is InChI=1S/C14H19FN2O2/c1-10-8-17(12-5-3-4-11(15)6-12)13(7-14(18)19)9-16(10)2/h3-6,10,13H,7-9H2,1-2H3,(H,18,19). The number of aliphatic carboxylic acids is 1. The topological polar surface area (TPSA) is 43.8 Å². The Bertz CT molecular complexity index is 467. The molecule has 0 aromatic heterocycles. The van der Waals surface area contributed by atoms with Crippen LogP contribution in [0.1, 0.15) is 13.3 Å². The summed E-state index contributed by atoms with van der Waals surface area (Å²) in [7, 11) is 1.99. The van der Waals surface area contributed by atoms with Gasteiger partial charge in [-0.1, -0.05) is 6.07 Å². The van der Waals surface area contributed by atoms with Gasteiger partial charge in [0.1, 0.15) is 5.82 Å². The molecule has 104 valence electrons. The number of benzene rings is 1. The number of nitrogens with zero attached hydrogens (tertiary/aromatic N) is 2. The van der Waals surface area contributed by atoms with Crippen LogP contribution in [-0.4, -0.2) is 48.2 Å². The first kappa shape index (κ1) is 13.8. The Morgan fingerprint density at radius 2 is 2.21 bits per heavy atom. The van der Waals surface area contributed by atoms with Gasteiger partial charge in [-0.3, -0.25) is 9.69 Å². The van der Waals surface area contributed by atoms with E-state index in [1.165, 1.54) is 12.1 Å². The van der Waals surface area contributed by atoms with E-state index in [0.717, 1.165) is 5.69 Å². The fourth-order valence-electron chi connectivity index (χ4n) is 2.53. The molecule has 0 radical (unpaired) electrons. The summed E-state index contributed by atoms with van der Waals surface area (Å²) in [6, 6.07) is 6.54. The lowest BCUT2D eigenvalue weighted by atomic mass is 10.0. The van der Waals surface area contributed by atoms with Gasteiger partial charge in [-0.2, -0.15) is 0 Å². The highest BCUT2D eigenvalue weighted by Gasteiger charge is 2.31. The molecular weight excluding hydrogens is 247 g/mol. The van der Waals surface area contributed by atoms with E-state index in [1.54, 1.807) is 6.07 Å². The van der Waals surface area contributed by atoms with E-state index < -0.39 is 5.97 Å². The number of piperazine rings is 1. The lowest BCUT2D eigenvalue weighted by Crippen LogP contribution is -2.56. The van der Waals surface area contributed by atoms with Gasteiger partial charge < -0.3 is 10.0 Å². The first-order valence-corrected chi connectivity index (χ1v) is 6.41. The number of carbonyl (C=O) groups is 1. The summed E-state index contributed by atoms with van der Waals surface area (Å²) >= 11 is 0. The second-order valence-electron chi connectivity index (χ2n) is 5.17. The third-order valence-electron chi connectivity index (χ3n) is 3.70. The van der Waals surface area contributed by atoms with Crippen LogP contribution in [0.15, 0.2) is 24.3 Å². The molecule has 1 aromatic carbocycles. The molecule has 1 fully saturated rings. The molecule has 0 amide bonds. The third-order valence-corrected chi connectivity index (χ3v) is 3.70. The van der Waals surface area contributed by atoms with Gasteiger partial charge in [-0.05, 0) is 32.2 Å². The smallest absolute Gasteiger partial charge is 0.305 e. The van der Waals surface area contributed by atoms with E-state index in [0.29, 0.717) is 19.1 Å². The van der Waals surface area contributed by atoms with Gasteiger partial charge in [-0.15, -0.1) is 0 Å². The zero-order valence-corrected chi connectivity index (χ0v) is 11.2. The molecule has 5 heteroatoms.